The van der Waals surface area contributed by atoms with Crippen molar-refractivity contribution in [3.63, 3.8) is 0 Å². The molecule has 0 unspecified atom stereocenters. The van der Waals surface area contributed by atoms with Gasteiger partial charge in [0.1, 0.15) is 17.1 Å². The number of rotatable bonds is 10. The quantitative estimate of drug-likeness (QED) is 0.167. The molecule has 17 heteroatoms. The van der Waals surface area contributed by atoms with Gasteiger partial charge in [-0.05, 0) is 86.8 Å². The number of amides is 5. The van der Waals surface area contributed by atoms with E-state index >= 15 is 0 Å². The number of carbonyl (C=O) groups excluding carboxylic acids is 4. The third kappa shape index (κ3) is 8.76. The number of halogens is 4. The Morgan fingerprint density at radius 3 is 2.47 bits per heavy atom. The van der Waals surface area contributed by atoms with E-state index in [1.165, 1.54) is 18.1 Å². The summed E-state index contributed by atoms with van der Waals surface area (Å²) < 4.78 is 47.0. The molecule has 0 spiro atoms. The minimum absolute atomic E-state index is 0.123. The van der Waals surface area contributed by atoms with Crippen molar-refractivity contribution in [3.8, 4) is 5.75 Å². The van der Waals surface area contributed by atoms with E-state index in [0.29, 0.717) is 58.2 Å². The fourth-order valence-corrected chi connectivity index (χ4v) is 8.29. The number of hydrogen-bond donors (Lipinski definition) is 2. The van der Waals surface area contributed by atoms with Crippen molar-refractivity contribution in [1.29, 1.82) is 0 Å². The van der Waals surface area contributed by atoms with Crippen molar-refractivity contribution >= 4 is 57.6 Å². The second kappa shape index (κ2) is 16.7. The summed E-state index contributed by atoms with van der Waals surface area (Å²) in [5.74, 6) is -0.235. The Balaban J connectivity index is 0.901. The van der Waals surface area contributed by atoms with Gasteiger partial charge in [-0.3, -0.25) is 29.3 Å². The molecule has 0 radical (unpaired) electrons. The number of alkyl halides is 3. The average Bonchev–Trinajstić information content (AvgIpc) is 3.63. The van der Waals surface area contributed by atoms with E-state index in [0.717, 1.165) is 68.3 Å². The summed E-state index contributed by atoms with van der Waals surface area (Å²) in [6.07, 6.45) is 2.73. The Morgan fingerprint density at radius 1 is 1.03 bits per heavy atom. The summed E-state index contributed by atoms with van der Waals surface area (Å²) in [6.45, 7) is 6.72. The number of imide groups is 1. The Hall–Kier alpha value is -5.64. The summed E-state index contributed by atoms with van der Waals surface area (Å²) in [6, 6.07) is 11.0. The SMILES string of the molecule is C=C([C@H]1CC[C@H](n2cc3cc(NC(=O)c4cccc(C(F)(F)F)n4)c(OC)cc3n2)CC1)N(C)CC1CCN(C(=O)c2ccc(Cl)c(N3CCC(=O)NC3=O)c2)CC1. The predicted octanol–water partition coefficient (Wildman–Crippen LogP) is 7.54. The first kappa shape index (κ1) is 40.6. The number of ether oxygens (including phenoxy) is 1. The van der Waals surface area contributed by atoms with Gasteiger partial charge in [0.25, 0.3) is 11.8 Å². The molecule has 4 aromatic rings. The number of benzene rings is 2. The van der Waals surface area contributed by atoms with Gasteiger partial charge in [-0.1, -0.05) is 24.2 Å². The molecule has 2 saturated heterocycles. The molecule has 13 nitrogen and oxygen atoms in total. The van der Waals surface area contributed by atoms with Gasteiger partial charge in [0, 0.05) is 68.6 Å². The smallest absolute Gasteiger partial charge is 0.433 e. The number of carbonyl (C=O) groups is 4. The number of piperidine rings is 1. The molecule has 306 valence electrons. The molecule has 2 aromatic carbocycles. The minimum atomic E-state index is -4.68. The Kier molecular flexibility index (Phi) is 11.7. The largest absolute Gasteiger partial charge is 0.494 e. The van der Waals surface area contributed by atoms with Gasteiger partial charge >= 0.3 is 12.2 Å². The second-order valence-corrected chi connectivity index (χ2v) is 15.5. The lowest BCUT2D eigenvalue weighted by molar-refractivity contribution is -0.141. The average molecular weight is 821 g/mol. The van der Waals surface area contributed by atoms with Crippen LogP contribution in [0, 0.1) is 11.8 Å². The van der Waals surface area contributed by atoms with E-state index in [9.17, 15) is 32.3 Å². The van der Waals surface area contributed by atoms with E-state index in [2.05, 4.69) is 34.1 Å². The molecule has 5 amide bonds. The van der Waals surface area contributed by atoms with Crippen LogP contribution in [0.25, 0.3) is 10.9 Å². The summed E-state index contributed by atoms with van der Waals surface area (Å²) in [4.78, 5) is 59.4. The molecule has 58 heavy (non-hydrogen) atoms. The first-order valence-electron chi connectivity index (χ1n) is 19.2. The number of allylic oxidation sites excluding steroid dienone is 1. The molecule has 4 heterocycles. The van der Waals surface area contributed by atoms with Crippen LogP contribution in [0.2, 0.25) is 5.02 Å². The molecule has 1 aliphatic carbocycles. The van der Waals surface area contributed by atoms with Crippen LogP contribution in [-0.2, 0) is 11.0 Å². The van der Waals surface area contributed by atoms with Crippen LogP contribution in [0.4, 0.5) is 29.3 Å². The maximum absolute atomic E-state index is 13.5. The Labute approximate surface area is 338 Å². The first-order chi connectivity index (χ1) is 27.7. The topological polar surface area (TPSA) is 142 Å². The lowest BCUT2D eigenvalue weighted by Crippen LogP contribution is -2.49. The highest BCUT2D eigenvalue weighted by molar-refractivity contribution is 6.34. The van der Waals surface area contributed by atoms with Crippen molar-refractivity contribution in [2.45, 2.75) is 57.2 Å². The van der Waals surface area contributed by atoms with Gasteiger partial charge in [0.05, 0.1) is 35.1 Å². The molecule has 3 aliphatic rings. The first-order valence-corrected chi connectivity index (χ1v) is 19.6. The summed E-state index contributed by atoms with van der Waals surface area (Å²) in [5, 5.41) is 10.8. The Morgan fingerprint density at radius 2 is 1.78 bits per heavy atom. The highest BCUT2D eigenvalue weighted by Gasteiger charge is 2.34. The van der Waals surface area contributed by atoms with E-state index in [-0.39, 0.29) is 36.5 Å². The number of anilines is 2. The monoisotopic (exact) mass is 820 g/mol. The number of aromatic nitrogens is 3. The fraction of sp³-hybridized carbons (Fsp3) is 0.415. The predicted molar refractivity (Wildman–Crippen MR) is 212 cm³/mol. The number of nitrogens with one attached hydrogen (secondary N) is 2. The highest BCUT2D eigenvalue weighted by atomic mass is 35.5. The molecule has 2 N–H and O–H groups in total. The van der Waals surface area contributed by atoms with Gasteiger partial charge < -0.3 is 19.9 Å². The zero-order valence-corrected chi connectivity index (χ0v) is 32.9. The number of methoxy groups -OCH3 is 1. The van der Waals surface area contributed by atoms with Crippen molar-refractivity contribution in [1.82, 2.24) is 29.9 Å². The van der Waals surface area contributed by atoms with Crippen molar-refractivity contribution in [2.24, 2.45) is 11.8 Å². The van der Waals surface area contributed by atoms with Crippen LogP contribution in [0.15, 0.2) is 67.0 Å². The van der Waals surface area contributed by atoms with Gasteiger partial charge in [0.15, 0.2) is 0 Å². The van der Waals surface area contributed by atoms with Crippen molar-refractivity contribution in [2.75, 3.05) is 50.6 Å². The van der Waals surface area contributed by atoms with Crippen molar-refractivity contribution < 1.29 is 37.1 Å². The maximum atomic E-state index is 13.5. The van der Waals surface area contributed by atoms with Crippen LogP contribution in [0.1, 0.15) is 77.5 Å². The van der Waals surface area contributed by atoms with Gasteiger partial charge in [-0.2, -0.15) is 18.3 Å². The third-order valence-electron chi connectivity index (χ3n) is 11.4. The van der Waals surface area contributed by atoms with E-state index in [4.69, 9.17) is 21.4 Å². The number of nitrogens with zero attached hydrogens (tertiary/aromatic N) is 6. The van der Waals surface area contributed by atoms with Crippen LogP contribution in [0.3, 0.4) is 0 Å². The van der Waals surface area contributed by atoms with Crippen LogP contribution in [0.5, 0.6) is 5.75 Å². The lowest BCUT2D eigenvalue weighted by Gasteiger charge is -2.38. The maximum Gasteiger partial charge on any atom is 0.433 e. The summed E-state index contributed by atoms with van der Waals surface area (Å²) >= 11 is 6.39. The van der Waals surface area contributed by atoms with Gasteiger partial charge in [0.2, 0.25) is 5.91 Å². The number of pyridine rings is 1. The molecule has 7 rings (SSSR count). The molecule has 3 fully saturated rings. The summed E-state index contributed by atoms with van der Waals surface area (Å²) in [7, 11) is 3.52. The van der Waals surface area contributed by atoms with Gasteiger partial charge in [-0.25, -0.2) is 9.78 Å². The highest BCUT2D eigenvalue weighted by Crippen LogP contribution is 2.38. The normalized spacial score (nSPS) is 19.2. The van der Waals surface area contributed by atoms with Crippen LogP contribution >= 0.6 is 11.6 Å². The van der Waals surface area contributed by atoms with E-state index < -0.39 is 23.8 Å². The summed E-state index contributed by atoms with van der Waals surface area (Å²) in [5.41, 5.74) is 1.37. The number of fused-ring (bicyclic) bond motifs is 1. The molecule has 2 aliphatic heterocycles. The van der Waals surface area contributed by atoms with Crippen LogP contribution < -0.4 is 20.3 Å². The number of hydrogen-bond acceptors (Lipinski definition) is 8. The van der Waals surface area contributed by atoms with Crippen molar-refractivity contribution in [3.05, 3.63) is 89.0 Å². The lowest BCUT2D eigenvalue weighted by atomic mass is 9.83. The number of urea groups is 1. The van der Waals surface area contributed by atoms with Crippen LogP contribution in [-0.4, -0.2) is 88.7 Å². The molecule has 1 saturated carbocycles. The van der Waals surface area contributed by atoms with E-state index in [1.807, 2.05) is 15.8 Å². The minimum Gasteiger partial charge on any atom is -0.494 e. The fourth-order valence-electron chi connectivity index (χ4n) is 8.07. The van der Waals surface area contributed by atoms with Gasteiger partial charge in [-0.15, -0.1) is 0 Å². The molecule has 2 aromatic heterocycles. The standard InChI is InChI=1S/C41H44ClF3N8O5/c1-24(50(2)22-25-13-16-51(17-14-25)39(56)27-9-12-30(42)34(20-27)52-18-15-37(54)48-40(52)57)26-7-10-29(11-8-26)53-23-28-19-33(35(58-3)21-32(28)49-53)47-38(55)31-5-4-6-36(46-31)41(43,44)45/h4-6,9,12,19-21,23,25-26,29H,1,7-8,10-11,13-18,22H2,2-3H3,(H,47,55)(H,48,54,57)/t26-,29-. The molecular formula is C41H44ClF3N8O5. The molecule has 0 atom stereocenters. The second-order valence-electron chi connectivity index (χ2n) is 15.1. The van der Waals surface area contributed by atoms with E-state index in [1.54, 1.807) is 30.3 Å². The third-order valence-corrected chi connectivity index (χ3v) is 11.7. The Bertz CT molecular complexity index is 2250. The zero-order valence-electron chi connectivity index (χ0n) is 32.1. The molecular weight excluding hydrogens is 777 g/mol. The molecule has 0 bridgehead atoms. The number of likely N-dealkylation sites (tertiary alicyclic amines) is 1. The zero-order chi connectivity index (χ0) is 41.3.